The summed E-state index contributed by atoms with van der Waals surface area (Å²) in [4.78, 5) is 3.82. The Labute approximate surface area is 120 Å². The summed E-state index contributed by atoms with van der Waals surface area (Å²) in [5.74, 6) is 0.385. The highest BCUT2D eigenvalue weighted by molar-refractivity contribution is 5.57. The van der Waals surface area contributed by atoms with Crippen LogP contribution in [0.15, 0.2) is 30.5 Å². The zero-order valence-electron chi connectivity index (χ0n) is 11.4. The van der Waals surface area contributed by atoms with Gasteiger partial charge in [-0.2, -0.15) is 13.2 Å². The number of nitrogens with zero attached hydrogens (tertiary/aromatic N) is 2. The quantitative estimate of drug-likeness (QED) is 0.937. The predicted octanol–water partition coefficient (Wildman–Crippen LogP) is 3.75. The summed E-state index contributed by atoms with van der Waals surface area (Å²) in [6.07, 6.45) is -0.421. The fourth-order valence-corrected chi connectivity index (χ4v) is 2.48. The SMILES string of the molecule is NCc1ccc(-c2nc(C(F)(F)F)cn2C2CCC2)cc1. The van der Waals surface area contributed by atoms with Crippen LogP contribution >= 0.6 is 0 Å². The third-order valence-corrected chi connectivity index (χ3v) is 3.94. The van der Waals surface area contributed by atoms with Crippen molar-refractivity contribution in [2.75, 3.05) is 0 Å². The van der Waals surface area contributed by atoms with Crippen molar-refractivity contribution < 1.29 is 13.2 Å². The van der Waals surface area contributed by atoms with Crippen LogP contribution in [0, 0.1) is 0 Å². The van der Waals surface area contributed by atoms with Gasteiger partial charge < -0.3 is 10.3 Å². The van der Waals surface area contributed by atoms with Gasteiger partial charge in [-0.05, 0) is 24.8 Å². The summed E-state index contributed by atoms with van der Waals surface area (Å²) in [6, 6.07) is 7.32. The molecule has 1 aromatic heterocycles. The largest absolute Gasteiger partial charge is 0.434 e. The molecule has 1 aromatic carbocycles. The lowest BCUT2D eigenvalue weighted by atomic mass is 9.92. The maximum absolute atomic E-state index is 12.9. The number of hydrogen-bond donors (Lipinski definition) is 1. The number of halogens is 3. The number of hydrogen-bond acceptors (Lipinski definition) is 2. The summed E-state index contributed by atoms with van der Waals surface area (Å²) in [6.45, 7) is 0.408. The zero-order valence-corrected chi connectivity index (χ0v) is 11.4. The van der Waals surface area contributed by atoms with E-state index in [2.05, 4.69) is 4.98 Å². The Kier molecular flexibility index (Phi) is 3.49. The molecule has 0 saturated heterocycles. The minimum atomic E-state index is -4.42. The molecule has 0 spiro atoms. The van der Waals surface area contributed by atoms with Crippen LogP contribution in [0.1, 0.15) is 36.6 Å². The van der Waals surface area contributed by atoms with Gasteiger partial charge in [-0.15, -0.1) is 0 Å². The topological polar surface area (TPSA) is 43.8 Å². The molecule has 21 heavy (non-hydrogen) atoms. The standard InChI is InChI=1S/C15H16F3N3/c16-15(17,18)13-9-21(12-2-1-3-12)14(20-13)11-6-4-10(8-19)5-7-11/h4-7,9,12H,1-3,8,19H2. The molecule has 0 amide bonds. The summed E-state index contributed by atoms with van der Waals surface area (Å²) in [7, 11) is 0. The Morgan fingerprint density at radius 2 is 1.86 bits per heavy atom. The molecule has 1 aliphatic carbocycles. The third kappa shape index (κ3) is 2.68. The molecule has 1 fully saturated rings. The average molecular weight is 295 g/mol. The molecule has 3 nitrogen and oxygen atoms in total. The molecule has 0 atom stereocenters. The minimum absolute atomic E-state index is 0.123. The Morgan fingerprint density at radius 1 is 1.19 bits per heavy atom. The van der Waals surface area contributed by atoms with Gasteiger partial charge in [-0.1, -0.05) is 24.3 Å². The molecule has 0 unspecified atom stereocenters. The van der Waals surface area contributed by atoms with Gasteiger partial charge in [0.05, 0.1) is 0 Å². The van der Waals surface area contributed by atoms with Crippen LogP contribution in [0.4, 0.5) is 13.2 Å². The van der Waals surface area contributed by atoms with Crippen LogP contribution in [0.2, 0.25) is 0 Å². The molecule has 3 rings (SSSR count). The van der Waals surface area contributed by atoms with E-state index < -0.39 is 11.9 Å². The van der Waals surface area contributed by atoms with E-state index in [1.165, 1.54) is 0 Å². The number of imidazole rings is 1. The Balaban J connectivity index is 2.04. The van der Waals surface area contributed by atoms with E-state index in [-0.39, 0.29) is 6.04 Å². The Bertz CT molecular complexity index is 625. The lowest BCUT2D eigenvalue weighted by Crippen LogP contribution is -2.17. The first-order valence-electron chi connectivity index (χ1n) is 6.94. The van der Waals surface area contributed by atoms with Gasteiger partial charge in [0, 0.05) is 24.3 Å². The maximum Gasteiger partial charge on any atom is 0.434 e. The number of nitrogens with two attached hydrogens (primary N) is 1. The van der Waals surface area contributed by atoms with E-state index in [1.807, 2.05) is 12.1 Å². The first-order chi connectivity index (χ1) is 9.99. The first kappa shape index (κ1) is 14.1. The van der Waals surface area contributed by atoms with Crippen molar-refractivity contribution in [3.05, 3.63) is 41.7 Å². The van der Waals surface area contributed by atoms with Crippen LogP contribution in [0.25, 0.3) is 11.4 Å². The summed E-state index contributed by atoms with van der Waals surface area (Å²) >= 11 is 0. The highest BCUT2D eigenvalue weighted by Crippen LogP contribution is 2.38. The van der Waals surface area contributed by atoms with Gasteiger partial charge in [0.1, 0.15) is 5.82 Å². The van der Waals surface area contributed by atoms with Crippen molar-refractivity contribution in [1.29, 1.82) is 0 Å². The van der Waals surface area contributed by atoms with Crippen LogP contribution in [0.5, 0.6) is 0 Å². The molecule has 1 heterocycles. The fourth-order valence-electron chi connectivity index (χ4n) is 2.48. The second kappa shape index (κ2) is 5.18. The normalized spacial score (nSPS) is 16.0. The second-order valence-corrected chi connectivity index (χ2v) is 5.34. The molecule has 0 aliphatic heterocycles. The van der Waals surface area contributed by atoms with Crippen LogP contribution < -0.4 is 5.73 Å². The molecule has 2 aromatic rings. The van der Waals surface area contributed by atoms with E-state index >= 15 is 0 Å². The summed E-state index contributed by atoms with van der Waals surface area (Å²) in [5.41, 5.74) is 6.34. The van der Waals surface area contributed by atoms with Crippen molar-refractivity contribution in [2.24, 2.45) is 5.73 Å². The van der Waals surface area contributed by atoms with Gasteiger partial charge >= 0.3 is 6.18 Å². The number of rotatable bonds is 3. The Hall–Kier alpha value is -1.82. The molecule has 6 heteroatoms. The van der Waals surface area contributed by atoms with Gasteiger partial charge in [0.2, 0.25) is 0 Å². The zero-order chi connectivity index (χ0) is 15.0. The van der Waals surface area contributed by atoms with Crippen LogP contribution in [-0.4, -0.2) is 9.55 Å². The van der Waals surface area contributed by atoms with Crippen molar-refractivity contribution in [1.82, 2.24) is 9.55 Å². The lowest BCUT2D eigenvalue weighted by Gasteiger charge is -2.28. The number of alkyl halides is 3. The van der Waals surface area contributed by atoms with E-state index in [0.717, 1.165) is 31.0 Å². The number of benzene rings is 1. The maximum atomic E-state index is 12.9. The monoisotopic (exact) mass is 295 g/mol. The molecule has 112 valence electrons. The molecule has 1 aliphatic rings. The van der Waals surface area contributed by atoms with Gasteiger partial charge in [0.15, 0.2) is 5.69 Å². The van der Waals surface area contributed by atoms with Crippen molar-refractivity contribution in [2.45, 2.75) is 38.0 Å². The van der Waals surface area contributed by atoms with E-state index in [9.17, 15) is 13.2 Å². The van der Waals surface area contributed by atoms with Crippen LogP contribution in [-0.2, 0) is 12.7 Å². The van der Waals surface area contributed by atoms with E-state index in [0.29, 0.717) is 17.9 Å². The lowest BCUT2D eigenvalue weighted by molar-refractivity contribution is -0.140. The Morgan fingerprint density at radius 3 is 2.33 bits per heavy atom. The highest BCUT2D eigenvalue weighted by Gasteiger charge is 2.36. The fraction of sp³-hybridized carbons (Fsp3) is 0.400. The van der Waals surface area contributed by atoms with E-state index in [4.69, 9.17) is 5.73 Å². The van der Waals surface area contributed by atoms with Crippen molar-refractivity contribution >= 4 is 0 Å². The summed E-state index contributed by atoms with van der Waals surface area (Å²) in [5, 5.41) is 0. The summed E-state index contributed by atoms with van der Waals surface area (Å²) < 4.78 is 40.4. The molecular formula is C15H16F3N3. The van der Waals surface area contributed by atoms with Crippen molar-refractivity contribution in [3.8, 4) is 11.4 Å². The van der Waals surface area contributed by atoms with E-state index in [1.54, 1.807) is 16.7 Å². The van der Waals surface area contributed by atoms with Crippen molar-refractivity contribution in [3.63, 3.8) is 0 Å². The number of aromatic nitrogens is 2. The minimum Gasteiger partial charge on any atom is -0.327 e. The van der Waals surface area contributed by atoms with Gasteiger partial charge in [0.25, 0.3) is 0 Å². The van der Waals surface area contributed by atoms with Crippen LogP contribution in [0.3, 0.4) is 0 Å². The van der Waals surface area contributed by atoms with Gasteiger partial charge in [-0.25, -0.2) is 4.98 Å². The first-order valence-corrected chi connectivity index (χ1v) is 6.94. The molecule has 0 bridgehead atoms. The molecular weight excluding hydrogens is 279 g/mol. The molecule has 0 radical (unpaired) electrons. The smallest absolute Gasteiger partial charge is 0.327 e. The second-order valence-electron chi connectivity index (χ2n) is 5.34. The van der Waals surface area contributed by atoms with Gasteiger partial charge in [-0.3, -0.25) is 0 Å². The highest BCUT2D eigenvalue weighted by atomic mass is 19.4. The molecule has 2 N–H and O–H groups in total. The third-order valence-electron chi connectivity index (χ3n) is 3.94. The predicted molar refractivity (Wildman–Crippen MR) is 73.4 cm³/mol. The average Bonchev–Trinajstić information content (AvgIpc) is 2.81. The molecule has 1 saturated carbocycles.